The third-order valence-corrected chi connectivity index (χ3v) is 6.53. The number of rotatable bonds is 3. The van der Waals surface area contributed by atoms with Gasteiger partial charge < -0.3 is 5.11 Å². The molecule has 0 bridgehead atoms. The highest BCUT2D eigenvalue weighted by Gasteiger charge is 2.42. The molecule has 2 aromatic carbocycles. The van der Waals surface area contributed by atoms with Crippen LogP contribution in [0, 0.1) is 12.3 Å². The van der Waals surface area contributed by atoms with E-state index in [1.165, 1.54) is 9.42 Å². The minimum Gasteiger partial charge on any atom is -0.507 e. The molecule has 1 aliphatic heterocycles. The van der Waals surface area contributed by atoms with Crippen LogP contribution in [0.1, 0.15) is 48.9 Å². The lowest BCUT2D eigenvalue weighted by Crippen LogP contribution is -2.35. The number of amidine groups is 1. The lowest BCUT2D eigenvalue weighted by Gasteiger charge is -2.28. The van der Waals surface area contributed by atoms with Gasteiger partial charge in [-0.15, -0.1) is 0 Å². The van der Waals surface area contributed by atoms with Crippen molar-refractivity contribution in [2.45, 2.75) is 45.8 Å². The molecule has 0 amide bonds. The molecule has 1 unspecified atom stereocenters. The Bertz CT molecular complexity index is 1100. The van der Waals surface area contributed by atoms with E-state index in [1.807, 2.05) is 39.0 Å². The van der Waals surface area contributed by atoms with Crippen molar-refractivity contribution in [2.24, 2.45) is 0 Å². The number of anilines is 1. The number of nitrogens with one attached hydrogen (secondary N) is 1. The van der Waals surface area contributed by atoms with E-state index >= 15 is 0 Å². The Hall–Kier alpha value is -1.87. The number of aryl methyl sites for hydroxylation is 1. The van der Waals surface area contributed by atoms with Crippen molar-refractivity contribution in [3.8, 4) is 0 Å². The quantitative estimate of drug-likeness (QED) is 0.297. The van der Waals surface area contributed by atoms with Gasteiger partial charge in [-0.3, -0.25) is 5.41 Å². The predicted octanol–water partition coefficient (Wildman–Crippen LogP) is 7.66. The SMILES string of the molecule is Cc1ccc(C(C)C)cc1C(O)=C1C(=N)N(c2c(Cl)cc(C(F)(F)F)cc2Cl)N(S)C1C. The topological polar surface area (TPSA) is 50.6 Å². The zero-order chi connectivity index (χ0) is 24.1. The fourth-order valence-corrected chi connectivity index (χ4v) is 4.50. The number of halogens is 5. The monoisotopic (exact) mass is 503 g/mol. The molecule has 0 aromatic heterocycles. The average molecular weight is 504 g/mol. The molecule has 1 fully saturated rings. The molecule has 1 saturated heterocycles. The molecule has 2 N–H and O–H groups in total. The maximum atomic E-state index is 13.1. The second-order valence-electron chi connectivity index (χ2n) is 7.93. The first-order valence-electron chi connectivity index (χ1n) is 9.73. The molecule has 172 valence electrons. The van der Waals surface area contributed by atoms with Crippen molar-refractivity contribution < 1.29 is 18.3 Å². The van der Waals surface area contributed by atoms with Gasteiger partial charge >= 0.3 is 6.18 Å². The predicted molar refractivity (Wildman–Crippen MR) is 127 cm³/mol. The first kappa shape index (κ1) is 24.8. The van der Waals surface area contributed by atoms with Crippen molar-refractivity contribution in [3.05, 3.63) is 68.2 Å². The van der Waals surface area contributed by atoms with Crippen LogP contribution in [0.2, 0.25) is 10.0 Å². The van der Waals surface area contributed by atoms with E-state index in [2.05, 4.69) is 12.8 Å². The van der Waals surface area contributed by atoms with Crippen LogP contribution >= 0.6 is 36.0 Å². The lowest BCUT2D eigenvalue weighted by molar-refractivity contribution is -0.137. The second-order valence-corrected chi connectivity index (χ2v) is 9.16. The second kappa shape index (κ2) is 8.82. The van der Waals surface area contributed by atoms with Crippen LogP contribution in [-0.2, 0) is 6.18 Å². The van der Waals surface area contributed by atoms with Gasteiger partial charge in [0.15, 0.2) is 0 Å². The summed E-state index contributed by atoms with van der Waals surface area (Å²) in [4.78, 5) is 0. The Balaban J connectivity index is 2.14. The summed E-state index contributed by atoms with van der Waals surface area (Å²) in [6, 6.07) is 6.64. The number of benzene rings is 2. The molecule has 3 rings (SSSR count). The van der Waals surface area contributed by atoms with Crippen LogP contribution in [0.25, 0.3) is 5.76 Å². The average Bonchev–Trinajstić information content (AvgIpc) is 2.89. The number of aliphatic hydroxyl groups excluding tert-OH is 1. The van der Waals surface area contributed by atoms with Crippen molar-refractivity contribution >= 4 is 53.3 Å². The fraction of sp³-hybridized carbons (Fsp3) is 0.318. The smallest absolute Gasteiger partial charge is 0.416 e. The molecular weight excluding hydrogens is 482 g/mol. The Morgan fingerprint density at radius 2 is 1.72 bits per heavy atom. The summed E-state index contributed by atoms with van der Waals surface area (Å²) in [7, 11) is 0. The summed E-state index contributed by atoms with van der Waals surface area (Å²) < 4.78 is 40.6. The third-order valence-electron chi connectivity index (χ3n) is 5.43. The van der Waals surface area contributed by atoms with Gasteiger partial charge in [0.1, 0.15) is 11.6 Å². The summed E-state index contributed by atoms with van der Waals surface area (Å²) in [5.41, 5.74) is 1.62. The molecule has 0 spiro atoms. The number of hydrogen-bond acceptors (Lipinski definition) is 4. The van der Waals surface area contributed by atoms with Gasteiger partial charge in [-0.05, 0) is 49.1 Å². The summed E-state index contributed by atoms with van der Waals surface area (Å²) in [5, 5.41) is 20.5. The number of hydrazine groups is 1. The minimum atomic E-state index is -4.62. The largest absolute Gasteiger partial charge is 0.507 e. The normalized spacial score (nSPS) is 19.3. The molecule has 1 atom stereocenters. The Labute approximate surface area is 200 Å². The number of nitrogens with zero attached hydrogens (tertiary/aromatic N) is 2. The van der Waals surface area contributed by atoms with E-state index in [0.717, 1.165) is 23.3 Å². The van der Waals surface area contributed by atoms with Crippen LogP contribution in [0.15, 0.2) is 35.9 Å². The zero-order valence-corrected chi connectivity index (χ0v) is 20.1. The van der Waals surface area contributed by atoms with Gasteiger partial charge in [-0.2, -0.15) is 17.6 Å². The van der Waals surface area contributed by atoms with Crippen LogP contribution in [0.5, 0.6) is 0 Å². The minimum absolute atomic E-state index is 0.0244. The van der Waals surface area contributed by atoms with Crippen LogP contribution in [0.4, 0.5) is 18.9 Å². The summed E-state index contributed by atoms with van der Waals surface area (Å²) in [6.45, 7) is 7.62. The maximum Gasteiger partial charge on any atom is 0.416 e. The van der Waals surface area contributed by atoms with Crippen molar-refractivity contribution in [3.63, 3.8) is 0 Å². The van der Waals surface area contributed by atoms with E-state index in [9.17, 15) is 18.3 Å². The Morgan fingerprint density at radius 3 is 2.22 bits per heavy atom. The molecule has 1 heterocycles. The molecule has 0 aliphatic carbocycles. The maximum absolute atomic E-state index is 13.1. The van der Waals surface area contributed by atoms with Crippen molar-refractivity contribution in [1.82, 2.24) is 4.41 Å². The number of alkyl halides is 3. The van der Waals surface area contributed by atoms with Crippen LogP contribution < -0.4 is 5.01 Å². The number of aliphatic hydroxyl groups is 1. The van der Waals surface area contributed by atoms with Gasteiger partial charge in [0.2, 0.25) is 0 Å². The first-order valence-corrected chi connectivity index (χ1v) is 10.9. The van der Waals surface area contributed by atoms with Crippen LogP contribution in [0.3, 0.4) is 0 Å². The number of hydrogen-bond donors (Lipinski definition) is 3. The lowest BCUT2D eigenvalue weighted by atomic mass is 9.94. The molecule has 2 aromatic rings. The molecule has 1 aliphatic rings. The van der Waals surface area contributed by atoms with E-state index in [1.54, 1.807) is 6.92 Å². The van der Waals surface area contributed by atoms with E-state index in [0.29, 0.717) is 5.56 Å². The van der Waals surface area contributed by atoms with E-state index in [4.69, 9.17) is 28.6 Å². The molecule has 32 heavy (non-hydrogen) atoms. The summed E-state index contributed by atoms with van der Waals surface area (Å²) in [5.74, 6) is -0.0682. The highest BCUT2D eigenvalue weighted by Crippen LogP contribution is 2.45. The first-order chi connectivity index (χ1) is 14.8. The van der Waals surface area contributed by atoms with E-state index < -0.39 is 17.8 Å². The third kappa shape index (κ3) is 4.33. The van der Waals surface area contributed by atoms with E-state index in [-0.39, 0.29) is 38.8 Å². The molecule has 0 radical (unpaired) electrons. The van der Waals surface area contributed by atoms with Crippen molar-refractivity contribution in [2.75, 3.05) is 5.01 Å². The van der Waals surface area contributed by atoms with Gasteiger partial charge in [-0.1, -0.05) is 62.0 Å². The van der Waals surface area contributed by atoms with Gasteiger partial charge in [0.05, 0.1) is 32.9 Å². The van der Waals surface area contributed by atoms with Gasteiger partial charge in [0.25, 0.3) is 0 Å². The fourth-order valence-electron chi connectivity index (χ4n) is 3.56. The Kier molecular flexibility index (Phi) is 6.82. The standard InChI is InChI=1S/C22H22Cl2F3N3OS/c1-10(2)13-6-5-11(3)15(7-13)20(31)18-12(4)30(32)29(21(18)28)19-16(23)8-14(9-17(19)24)22(25,26)27/h5-10,12,28,31-32H,1-4H3. The summed E-state index contributed by atoms with van der Waals surface area (Å²) in [6.07, 6.45) is -4.62. The van der Waals surface area contributed by atoms with Gasteiger partial charge in [-0.25, -0.2) is 5.01 Å². The Morgan fingerprint density at radius 1 is 1.16 bits per heavy atom. The zero-order valence-electron chi connectivity index (χ0n) is 17.7. The van der Waals surface area contributed by atoms with Crippen LogP contribution in [-0.4, -0.2) is 21.4 Å². The highest BCUT2D eigenvalue weighted by atomic mass is 35.5. The molecule has 4 nitrogen and oxygen atoms in total. The molecule has 10 heteroatoms. The number of thiol groups is 1. The molecule has 0 saturated carbocycles. The highest BCUT2D eigenvalue weighted by molar-refractivity contribution is 7.77. The molecular formula is C22H22Cl2F3N3OS. The van der Waals surface area contributed by atoms with Crippen molar-refractivity contribution in [1.29, 1.82) is 5.41 Å². The van der Waals surface area contributed by atoms with Gasteiger partial charge in [0, 0.05) is 5.56 Å². The summed E-state index contributed by atoms with van der Waals surface area (Å²) >= 11 is 16.7.